The molecule has 0 saturated heterocycles. The normalized spacial score (nSPS) is 15.0. The second-order valence-corrected chi connectivity index (χ2v) is 5.18. The predicted octanol–water partition coefficient (Wildman–Crippen LogP) is 3.56. The second kappa shape index (κ2) is 4.75. The molecule has 1 fully saturated rings. The number of hydrogen-bond donors (Lipinski definition) is 1. The summed E-state index contributed by atoms with van der Waals surface area (Å²) in [6.45, 7) is 2.83. The van der Waals surface area contributed by atoms with Crippen molar-refractivity contribution >= 4 is 11.6 Å². The van der Waals surface area contributed by atoms with Crippen molar-refractivity contribution in [1.29, 1.82) is 0 Å². The van der Waals surface area contributed by atoms with Crippen molar-refractivity contribution in [3.63, 3.8) is 0 Å². The molecule has 94 valence electrons. The van der Waals surface area contributed by atoms with Gasteiger partial charge in [0.1, 0.15) is 5.69 Å². The van der Waals surface area contributed by atoms with Crippen molar-refractivity contribution in [1.82, 2.24) is 10.5 Å². The molecule has 1 N–H and O–H groups in total. The molecule has 1 aromatic carbocycles. The van der Waals surface area contributed by atoms with E-state index >= 15 is 0 Å². The maximum Gasteiger partial charge on any atom is 0.170 e. The first-order valence-electron chi connectivity index (χ1n) is 6.18. The lowest BCUT2D eigenvalue weighted by Gasteiger charge is -2.00. The van der Waals surface area contributed by atoms with Crippen molar-refractivity contribution in [3.8, 4) is 11.3 Å². The SMILES string of the molecule is Cc1c(CNC2CC2)noc1-c1ccc(Cl)cc1. The molecule has 1 aliphatic carbocycles. The van der Waals surface area contributed by atoms with Gasteiger partial charge in [0.25, 0.3) is 0 Å². The van der Waals surface area contributed by atoms with E-state index in [4.69, 9.17) is 16.1 Å². The van der Waals surface area contributed by atoms with E-state index < -0.39 is 0 Å². The molecular weight excluding hydrogens is 248 g/mol. The fourth-order valence-electron chi connectivity index (χ4n) is 1.93. The van der Waals surface area contributed by atoms with Crippen molar-refractivity contribution in [2.24, 2.45) is 0 Å². The Morgan fingerprint density at radius 2 is 2.06 bits per heavy atom. The van der Waals surface area contributed by atoms with E-state index in [2.05, 4.69) is 10.5 Å². The van der Waals surface area contributed by atoms with Crippen LogP contribution in [0.4, 0.5) is 0 Å². The third kappa shape index (κ3) is 2.42. The Morgan fingerprint density at radius 3 is 2.72 bits per heavy atom. The fraction of sp³-hybridized carbons (Fsp3) is 0.357. The Balaban J connectivity index is 1.81. The van der Waals surface area contributed by atoms with Gasteiger partial charge >= 0.3 is 0 Å². The van der Waals surface area contributed by atoms with Gasteiger partial charge in [-0.25, -0.2) is 0 Å². The van der Waals surface area contributed by atoms with Gasteiger partial charge in [0.2, 0.25) is 0 Å². The van der Waals surface area contributed by atoms with Crippen molar-refractivity contribution in [2.75, 3.05) is 0 Å². The first-order chi connectivity index (χ1) is 8.74. The maximum absolute atomic E-state index is 5.88. The molecule has 18 heavy (non-hydrogen) atoms. The smallest absolute Gasteiger partial charge is 0.170 e. The summed E-state index contributed by atoms with van der Waals surface area (Å²) in [5.74, 6) is 0.833. The fourth-order valence-corrected chi connectivity index (χ4v) is 2.06. The molecule has 1 saturated carbocycles. The van der Waals surface area contributed by atoms with Crippen molar-refractivity contribution in [3.05, 3.63) is 40.5 Å². The zero-order valence-electron chi connectivity index (χ0n) is 10.2. The van der Waals surface area contributed by atoms with Crippen LogP contribution in [-0.4, -0.2) is 11.2 Å². The summed E-state index contributed by atoms with van der Waals surface area (Å²) in [6.07, 6.45) is 2.56. The number of benzene rings is 1. The summed E-state index contributed by atoms with van der Waals surface area (Å²) in [7, 11) is 0. The predicted molar refractivity (Wildman–Crippen MR) is 71.5 cm³/mol. The minimum atomic E-state index is 0.681. The van der Waals surface area contributed by atoms with E-state index in [1.807, 2.05) is 31.2 Å². The third-order valence-electron chi connectivity index (χ3n) is 3.26. The zero-order chi connectivity index (χ0) is 12.5. The quantitative estimate of drug-likeness (QED) is 0.916. The molecule has 4 heteroatoms. The van der Waals surface area contributed by atoms with Crippen LogP contribution in [-0.2, 0) is 6.54 Å². The minimum Gasteiger partial charge on any atom is -0.356 e. The van der Waals surface area contributed by atoms with Gasteiger partial charge in [0.15, 0.2) is 5.76 Å². The summed E-state index contributed by atoms with van der Waals surface area (Å²) >= 11 is 5.88. The van der Waals surface area contributed by atoms with E-state index in [0.29, 0.717) is 6.04 Å². The lowest BCUT2D eigenvalue weighted by molar-refractivity contribution is 0.420. The van der Waals surface area contributed by atoms with Crippen LogP contribution in [0, 0.1) is 6.92 Å². The molecule has 0 amide bonds. The van der Waals surface area contributed by atoms with Crippen LogP contribution in [0.2, 0.25) is 5.02 Å². The largest absolute Gasteiger partial charge is 0.356 e. The Bertz CT molecular complexity index is 543. The molecule has 0 atom stereocenters. The van der Waals surface area contributed by atoms with E-state index in [0.717, 1.165) is 34.1 Å². The van der Waals surface area contributed by atoms with Gasteiger partial charge in [-0.05, 0) is 44.0 Å². The Hall–Kier alpha value is -1.32. The molecule has 3 nitrogen and oxygen atoms in total. The van der Waals surface area contributed by atoms with Crippen LogP contribution in [0.25, 0.3) is 11.3 Å². The maximum atomic E-state index is 5.88. The van der Waals surface area contributed by atoms with Crippen LogP contribution < -0.4 is 5.32 Å². The van der Waals surface area contributed by atoms with Gasteiger partial charge in [0.05, 0.1) is 0 Å². The van der Waals surface area contributed by atoms with Gasteiger partial charge in [-0.1, -0.05) is 16.8 Å². The van der Waals surface area contributed by atoms with Gasteiger partial charge in [-0.2, -0.15) is 0 Å². The second-order valence-electron chi connectivity index (χ2n) is 4.75. The van der Waals surface area contributed by atoms with Gasteiger partial charge in [-0.3, -0.25) is 0 Å². The zero-order valence-corrected chi connectivity index (χ0v) is 11.0. The molecule has 0 radical (unpaired) electrons. The van der Waals surface area contributed by atoms with Gasteiger partial charge < -0.3 is 9.84 Å². The number of hydrogen-bond acceptors (Lipinski definition) is 3. The van der Waals surface area contributed by atoms with E-state index in [-0.39, 0.29) is 0 Å². The van der Waals surface area contributed by atoms with E-state index in [9.17, 15) is 0 Å². The molecule has 1 aliphatic rings. The molecule has 1 aromatic heterocycles. The first kappa shape index (κ1) is 11.8. The highest BCUT2D eigenvalue weighted by Crippen LogP contribution is 2.27. The molecule has 0 aliphatic heterocycles. The lowest BCUT2D eigenvalue weighted by atomic mass is 10.1. The van der Waals surface area contributed by atoms with Crippen molar-refractivity contribution in [2.45, 2.75) is 32.4 Å². The monoisotopic (exact) mass is 262 g/mol. The summed E-state index contributed by atoms with van der Waals surface area (Å²) < 4.78 is 5.44. The molecule has 3 rings (SSSR count). The molecular formula is C14H15ClN2O. The Kier molecular flexibility index (Phi) is 3.10. The summed E-state index contributed by atoms with van der Waals surface area (Å²) in [5.41, 5.74) is 3.11. The third-order valence-corrected chi connectivity index (χ3v) is 3.51. The van der Waals surface area contributed by atoms with Crippen LogP contribution in [0.1, 0.15) is 24.1 Å². The lowest BCUT2D eigenvalue weighted by Crippen LogP contribution is -2.16. The minimum absolute atomic E-state index is 0.681. The molecule has 1 heterocycles. The number of aromatic nitrogens is 1. The van der Waals surface area contributed by atoms with Crippen LogP contribution >= 0.6 is 11.6 Å². The summed E-state index contributed by atoms with van der Waals surface area (Å²) in [4.78, 5) is 0. The van der Waals surface area contributed by atoms with Crippen LogP contribution in [0.15, 0.2) is 28.8 Å². The highest BCUT2D eigenvalue weighted by Gasteiger charge is 2.22. The molecule has 2 aromatic rings. The van der Waals surface area contributed by atoms with Gasteiger partial charge in [0, 0.05) is 28.7 Å². The first-order valence-corrected chi connectivity index (χ1v) is 6.56. The average Bonchev–Trinajstić information content (AvgIpc) is 3.13. The van der Waals surface area contributed by atoms with E-state index in [1.165, 1.54) is 12.8 Å². The standard InChI is InChI=1S/C14H15ClN2O/c1-9-13(8-16-12-6-7-12)17-18-14(9)10-2-4-11(15)5-3-10/h2-5,12,16H,6-8H2,1H3. The Labute approximate surface area is 111 Å². The molecule has 0 spiro atoms. The summed E-state index contributed by atoms with van der Waals surface area (Å²) in [5, 5.41) is 8.32. The number of halogens is 1. The average molecular weight is 263 g/mol. The molecule has 0 bridgehead atoms. The highest BCUT2D eigenvalue weighted by molar-refractivity contribution is 6.30. The Morgan fingerprint density at radius 1 is 1.33 bits per heavy atom. The highest BCUT2D eigenvalue weighted by atomic mass is 35.5. The van der Waals surface area contributed by atoms with Crippen molar-refractivity contribution < 1.29 is 4.52 Å². The summed E-state index contributed by atoms with van der Waals surface area (Å²) in [6, 6.07) is 8.31. The number of nitrogens with one attached hydrogen (secondary N) is 1. The van der Waals surface area contributed by atoms with E-state index in [1.54, 1.807) is 0 Å². The number of rotatable bonds is 4. The van der Waals surface area contributed by atoms with Gasteiger partial charge in [-0.15, -0.1) is 0 Å². The molecule has 0 unspecified atom stereocenters. The van der Waals surface area contributed by atoms with Crippen LogP contribution in [0.5, 0.6) is 0 Å². The van der Waals surface area contributed by atoms with Crippen LogP contribution in [0.3, 0.4) is 0 Å². The topological polar surface area (TPSA) is 38.1 Å². The number of nitrogens with zero attached hydrogens (tertiary/aromatic N) is 1.